The molecule has 1 N–H and O–H groups in total. The minimum atomic E-state index is -0.475. The van der Waals surface area contributed by atoms with Gasteiger partial charge in [0, 0.05) is 19.0 Å². The SMILES string of the molecule is C=C[C@@H]1CN(C(=O)OC(C)(C)C)CC[C@H]1O. The largest absolute Gasteiger partial charge is 0.444 e. The molecule has 4 heteroatoms. The van der Waals surface area contributed by atoms with Crippen molar-refractivity contribution in [2.75, 3.05) is 13.1 Å². The van der Waals surface area contributed by atoms with Gasteiger partial charge in [-0.2, -0.15) is 0 Å². The number of carbonyl (C=O) groups is 1. The van der Waals surface area contributed by atoms with Gasteiger partial charge in [-0.05, 0) is 27.2 Å². The van der Waals surface area contributed by atoms with Crippen LogP contribution in [0.3, 0.4) is 0 Å². The Morgan fingerprint density at radius 1 is 1.56 bits per heavy atom. The highest BCUT2D eigenvalue weighted by atomic mass is 16.6. The van der Waals surface area contributed by atoms with Crippen molar-refractivity contribution in [3.05, 3.63) is 12.7 Å². The van der Waals surface area contributed by atoms with Gasteiger partial charge < -0.3 is 14.7 Å². The molecule has 1 heterocycles. The molecule has 1 saturated heterocycles. The van der Waals surface area contributed by atoms with Gasteiger partial charge in [0.2, 0.25) is 0 Å². The van der Waals surface area contributed by atoms with E-state index < -0.39 is 11.7 Å². The molecule has 2 atom stereocenters. The number of hydrogen-bond acceptors (Lipinski definition) is 3. The van der Waals surface area contributed by atoms with E-state index in [-0.39, 0.29) is 12.0 Å². The van der Waals surface area contributed by atoms with E-state index in [1.807, 2.05) is 20.8 Å². The van der Waals surface area contributed by atoms with Crippen molar-refractivity contribution < 1.29 is 14.6 Å². The van der Waals surface area contributed by atoms with Gasteiger partial charge in [0.05, 0.1) is 6.10 Å². The lowest BCUT2D eigenvalue weighted by atomic mass is 9.95. The Balaban J connectivity index is 2.55. The number of rotatable bonds is 1. The fourth-order valence-corrected chi connectivity index (χ4v) is 1.69. The topological polar surface area (TPSA) is 49.8 Å². The maximum atomic E-state index is 11.8. The summed E-state index contributed by atoms with van der Waals surface area (Å²) in [4.78, 5) is 13.4. The summed E-state index contributed by atoms with van der Waals surface area (Å²) in [6.07, 6.45) is 1.57. The van der Waals surface area contributed by atoms with Gasteiger partial charge in [0.25, 0.3) is 0 Å². The molecule has 1 fully saturated rings. The van der Waals surface area contributed by atoms with Gasteiger partial charge >= 0.3 is 6.09 Å². The van der Waals surface area contributed by atoms with Crippen LogP contribution in [0.1, 0.15) is 27.2 Å². The van der Waals surface area contributed by atoms with E-state index in [9.17, 15) is 9.90 Å². The van der Waals surface area contributed by atoms with E-state index in [1.54, 1.807) is 11.0 Å². The highest BCUT2D eigenvalue weighted by Crippen LogP contribution is 2.20. The zero-order valence-electron chi connectivity index (χ0n) is 10.3. The van der Waals surface area contributed by atoms with Gasteiger partial charge in [-0.1, -0.05) is 6.08 Å². The van der Waals surface area contributed by atoms with Crippen molar-refractivity contribution in [2.45, 2.75) is 38.9 Å². The number of piperidine rings is 1. The Bertz CT molecular complexity index is 270. The van der Waals surface area contributed by atoms with Crippen LogP contribution in [0.5, 0.6) is 0 Å². The van der Waals surface area contributed by atoms with E-state index in [1.165, 1.54) is 0 Å². The molecule has 0 saturated carbocycles. The quantitative estimate of drug-likeness (QED) is 0.695. The summed E-state index contributed by atoms with van der Waals surface area (Å²) in [5, 5.41) is 9.65. The number of aliphatic hydroxyl groups is 1. The Morgan fingerprint density at radius 3 is 2.69 bits per heavy atom. The number of carbonyl (C=O) groups excluding carboxylic acids is 1. The Morgan fingerprint density at radius 2 is 2.19 bits per heavy atom. The molecule has 4 nitrogen and oxygen atoms in total. The Hall–Kier alpha value is -1.03. The van der Waals surface area contributed by atoms with E-state index >= 15 is 0 Å². The van der Waals surface area contributed by atoms with Crippen LogP contribution in [0.25, 0.3) is 0 Å². The van der Waals surface area contributed by atoms with Crippen LogP contribution < -0.4 is 0 Å². The van der Waals surface area contributed by atoms with Crippen LogP contribution in [-0.2, 0) is 4.74 Å². The molecule has 1 aliphatic heterocycles. The lowest BCUT2D eigenvalue weighted by molar-refractivity contribution is -0.000191. The predicted octanol–water partition coefficient (Wildman–Crippen LogP) is 1.79. The first kappa shape index (κ1) is 13.0. The first-order chi connectivity index (χ1) is 7.33. The summed E-state index contributed by atoms with van der Waals surface area (Å²) in [5.74, 6) is -0.0544. The molecule has 0 aromatic heterocycles. The minimum Gasteiger partial charge on any atom is -0.444 e. The molecule has 0 aromatic carbocycles. The zero-order valence-corrected chi connectivity index (χ0v) is 10.3. The third-order valence-corrected chi connectivity index (χ3v) is 2.57. The molecule has 1 amide bonds. The van der Waals surface area contributed by atoms with E-state index in [0.717, 1.165) is 0 Å². The summed E-state index contributed by atoms with van der Waals surface area (Å²) < 4.78 is 5.28. The van der Waals surface area contributed by atoms with Gasteiger partial charge in [-0.15, -0.1) is 6.58 Å². The van der Waals surface area contributed by atoms with Crippen LogP contribution >= 0.6 is 0 Å². The van der Waals surface area contributed by atoms with Crippen LogP contribution in [0, 0.1) is 5.92 Å². The number of hydrogen-bond donors (Lipinski definition) is 1. The first-order valence-electron chi connectivity index (χ1n) is 5.62. The minimum absolute atomic E-state index is 0.0544. The molecular weight excluding hydrogens is 206 g/mol. The Labute approximate surface area is 96.9 Å². The molecule has 1 rings (SSSR count). The predicted molar refractivity (Wildman–Crippen MR) is 62.1 cm³/mol. The molecule has 0 unspecified atom stereocenters. The van der Waals surface area contributed by atoms with Crippen LogP contribution in [0.4, 0.5) is 4.79 Å². The van der Waals surface area contributed by atoms with Crippen molar-refractivity contribution in [1.82, 2.24) is 4.90 Å². The van der Waals surface area contributed by atoms with Crippen molar-refractivity contribution >= 4 is 6.09 Å². The highest BCUT2D eigenvalue weighted by Gasteiger charge is 2.30. The molecular formula is C12H21NO3. The molecule has 1 aliphatic rings. The Kier molecular flexibility index (Phi) is 3.97. The number of amides is 1. The monoisotopic (exact) mass is 227 g/mol. The lowest BCUT2D eigenvalue weighted by Crippen LogP contribution is -2.47. The number of likely N-dealkylation sites (tertiary alicyclic amines) is 1. The summed E-state index contributed by atoms with van der Waals surface area (Å²) in [6.45, 7) is 10.2. The van der Waals surface area contributed by atoms with Gasteiger partial charge in [-0.25, -0.2) is 4.79 Å². The summed E-state index contributed by atoms with van der Waals surface area (Å²) in [6, 6.07) is 0. The lowest BCUT2D eigenvalue weighted by Gasteiger charge is -2.35. The number of aliphatic hydroxyl groups excluding tert-OH is 1. The van der Waals surface area contributed by atoms with E-state index in [4.69, 9.17) is 4.74 Å². The first-order valence-corrected chi connectivity index (χ1v) is 5.62. The maximum absolute atomic E-state index is 11.8. The summed E-state index contributed by atoms with van der Waals surface area (Å²) >= 11 is 0. The molecule has 92 valence electrons. The molecule has 0 aromatic rings. The molecule has 0 bridgehead atoms. The fourth-order valence-electron chi connectivity index (χ4n) is 1.69. The number of nitrogens with zero attached hydrogens (tertiary/aromatic N) is 1. The van der Waals surface area contributed by atoms with E-state index in [0.29, 0.717) is 19.5 Å². The van der Waals surface area contributed by atoms with Crippen molar-refractivity contribution in [2.24, 2.45) is 5.92 Å². The molecule has 16 heavy (non-hydrogen) atoms. The van der Waals surface area contributed by atoms with Crippen molar-refractivity contribution in [3.8, 4) is 0 Å². The number of ether oxygens (including phenoxy) is 1. The maximum Gasteiger partial charge on any atom is 0.410 e. The third kappa shape index (κ3) is 3.52. The normalized spacial score (nSPS) is 26.4. The van der Waals surface area contributed by atoms with Gasteiger partial charge in [0.1, 0.15) is 5.60 Å². The van der Waals surface area contributed by atoms with Gasteiger partial charge in [-0.3, -0.25) is 0 Å². The van der Waals surface area contributed by atoms with Crippen LogP contribution in [0.15, 0.2) is 12.7 Å². The molecule has 0 spiro atoms. The molecule has 0 radical (unpaired) electrons. The zero-order chi connectivity index (χ0) is 12.3. The van der Waals surface area contributed by atoms with E-state index in [2.05, 4.69) is 6.58 Å². The van der Waals surface area contributed by atoms with Crippen LogP contribution in [-0.4, -0.2) is 40.9 Å². The van der Waals surface area contributed by atoms with Crippen molar-refractivity contribution in [3.63, 3.8) is 0 Å². The fraction of sp³-hybridized carbons (Fsp3) is 0.750. The summed E-state index contributed by atoms with van der Waals surface area (Å²) in [7, 11) is 0. The highest BCUT2D eigenvalue weighted by molar-refractivity contribution is 5.68. The molecule has 0 aliphatic carbocycles. The van der Waals surface area contributed by atoms with Crippen LogP contribution in [0.2, 0.25) is 0 Å². The standard InChI is InChI=1S/C12H21NO3/c1-5-9-8-13(7-6-10(9)14)11(15)16-12(2,3)4/h5,9-10,14H,1,6-8H2,2-4H3/t9-,10-/m1/s1. The second kappa shape index (κ2) is 4.87. The summed E-state index contributed by atoms with van der Waals surface area (Å²) in [5.41, 5.74) is -0.475. The smallest absolute Gasteiger partial charge is 0.410 e. The second-order valence-electron chi connectivity index (χ2n) is 5.18. The van der Waals surface area contributed by atoms with Gasteiger partial charge in [0.15, 0.2) is 0 Å². The third-order valence-electron chi connectivity index (χ3n) is 2.57. The average molecular weight is 227 g/mol. The second-order valence-corrected chi connectivity index (χ2v) is 5.18. The van der Waals surface area contributed by atoms with Crippen molar-refractivity contribution in [1.29, 1.82) is 0 Å². The average Bonchev–Trinajstić information content (AvgIpc) is 2.15.